The number of nitrogens with zero attached hydrogens (tertiary/aromatic N) is 1. The van der Waals surface area contributed by atoms with Crippen molar-refractivity contribution in [3.05, 3.63) is 35.9 Å². The highest BCUT2D eigenvalue weighted by atomic mass is 16.4. The van der Waals surface area contributed by atoms with Crippen molar-refractivity contribution in [2.75, 3.05) is 26.2 Å². The summed E-state index contributed by atoms with van der Waals surface area (Å²) in [4.78, 5) is 152. The number of primary amides is 1. The van der Waals surface area contributed by atoms with Crippen molar-refractivity contribution in [1.29, 1.82) is 0 Å². The molecule has 0 unspecified atom stereocenters. The number of carbonyl (C=O) groups is 11. The van der Waals surface area contributed by atoms with E-state index in [1.54, 1.807) is 58.0 Å². The highest BCUT2D eigenvalue weighted by Gasteiger charge is 2.37. The number of carboxylic acids is 1. The Hall–Kier alpha value is -7.54. The zero-order valence-electron chi connectivity index (χ0n) is 47.7. The Balaban J connectivity index is 3.57. The number of hydrogen-bond acceptors (Lipinski definition) is 17. The second kappa shape index (κ2) is 38.2. The Morgan fingerprint density at radius 1 is 0.524 bits per heavy atom. The Morgan fingerprint density at radius 2 is 0.976 bits per heavy atom. The van der Waals surface area contributed by atoms with Crippen LogP contribution in [0.1, 0.15) is 111 Å². The molecule has 0 heterocycles. The topological polar surface area (TPSA) is 525 Å². The van der Waals surface area contributed by atoms with Crippen LogP contribution >= 0.6 is 0 Å². The van der Waals surface area contributed by atoms with Crippen LogP contribution in [0.15, 0.2) is 35.3 Å². The summed E-state index contributed by atoms with van der Waals surface area (Å²) in [5.74, 6) is -12.2. The fraction of sp³-hybridized carbons (Fsp3) is 0.654. The van der Waals surface area contributed by atoms with E-state index in [1.165, 1.54) is 6.92 Å². The molecule has 1 rings (SSSR count). The van der Waals surface area contributed by atoms with Gasteiger partial charge in [-0.2, -0.15) is 0 Å². The quantitative estimate of drug-likeness (QED) is 0.0165. The van der Waals surface area contributed by atoms with Gasteiger partial charge in [0.25, 0.3) is 0 Å². The van der Waals surface area contributed by atoms with E-state index in [1.807, 2.05) is 0 Å². The molecule has 11 atom stereocenters. The standard InChI is InChI=1S/C52H90N16O14/c1-27(2)23-35(45(75)66-38(26-69)48(78)67-40(28(3)4)49(79)60-29(5)51(81)82)65-50(80)41(30(6)70)68-44(74)34(19-14-22-59-52(57)58)62-47(77)37(25-39(56)71)64-46(76)36(24-31-15-8-7-9-16-31)63-43(73)33(18-11-13-21-54)61-42(72)32(55)17-10-12-20-53/h7-9,15-16,27-30,32-38,40-41,69-70H,10-14,17-26,53-55H2,1-6H3,(H2,56,71)(H,60,79)(H,61,72)(H,62,77)(H,63,73)(H,64,76)(H,65,80)(H,66,75)(H,67,78)(H,68,74)(H,81,82)(H4,57,58,59)/t29-,30+,32-,33-,34-,35-,36-,37-,38-,40-,41-/m0/s1. The lowest BCUT2D eigenvalue weighted by Crippen LogP contribution is -2.62. The molecule has 0 aliphatic rings. The zero-order chi connectivity index (χ0) is 62.2. The van der Waals surface area contributed by atoms with Gasteiger partial charge in [0.15, 0.2) is 5.96 Å². The van der Waals surface area contributed by atoms with Crippen LogP contribution in [0.4, 0.5) is 0 Å². The molecular weight excluding hydrogens is 1070 g/mol. The number of benzene rings is 1. The van der Waals surface area contributed by atoms with Crippen LogP contribution in [-0.4, -0.2) is 179 Å². The molecule has 82 heavy (non-hydrogen) atoms. The summed E-state index contributed by atoms with van der Waals surface area (Å²) >= 11 is 0. The van der Waals surface area contributed by atoms with Gasteiger partial charge in [-0.3, -0.25) is 57.7 Å². The first-order valence-electron chi connectivity index (χ1n) is 27.3. The number of carboxylic acid groups (broad SMARTS) is 1. The van der Waals surface area contributed by atoms with Crippen LogP contribution in [0, 0.1) is 11.8 Å². The number of nitrogens with two attached hydrogens (primary N) is 6. The molecule has 1 aromatic carbocycles. The predicted octanol–water partition coefficient (Wildman–Crippen LogP) is -5.71. The van der Waals surface area contributed by atoms with Crippen LogP contribution < -0.4 is 82.3 Å². The minimum atomic E-state index is -1.85. The lowest BCUT2D eigenvalue weighted by Gasteiger charge is -2.29. The number of aliphatic hydroxyl groups excluding tert-OH is 2. The van der Waals surface area contributed by atoms with Crippen LogP contribution in [0.5, 0.6) is 0 Å². The summed E-state index contributed by atoms with van der Waals surface area (Å²) in [6, 6.07) is -6.22. The maximum absolute atomic E-state index is 14.3. The second-order valence-corrected chi connectivity index (χ2v) is 20.7. The number of guanidine groups is 1. The largest absolute Gasteiger partial charge is 0.480 e. The lowest BCUT2D eigenvalue weighted by atomic mass is 10.0. The molecule has 0 spiro atoms. The number of rotatable bonds is 40. The monoisotopic (exact) mass is 1160 g/mol. The third kappa shape index (κ3) is 27.8. The van der Waals surface area contributed by atoms with E-state index >= 15 is 0 Å². The number of amides is 10. The van der Waals surface area contributed by atoms with Crippen LogP contribution in [0.25, 0.3) is 0 Å². The molecule has 0 aliphatic carbocycles. The average molecular weight is 1160 g/mol. The van der Waals surface area contributed by atoms with Crippen LogP contribution in [0.3, 0.4) is 0 Å². The predicted molar refractivity (Wildman–Crippen MR) is 301 cm³/mol. The number of hydrogen-bond donors (Lipinski definition) is 18. The smallest absolute Gasteiger partial charge is 0.325 e. The molecular formula is C52H90N16O14. The van der Waals surface area contributed by atoms with E-state index in [2.05, 4.69) is 52.8 Å². The minimum absolute atomic E-state index is 0.00169. The molecule has 30 heteroatoms. The number of nitrogens with one attached hydrogen (secondary N) is 9. The molecule has 0 radical (unpaired) electrons. The van der Waals surface area contributed by atoms with Crippen molar-refractivity contribution in [1.82, 2.24) is 47.9 Å². The van der Waals surface area contributed by atoms with Gasteiger partial charge in [-0.15, -0.1) is 0 Å². The Labute approximate surface area is 477 Å². The van der Waals surface area contributed by atoms with E-state index < -0.39 is 151 Å². The summed E-state index contributed by atoms with van der Waals surface area (Å²) in [7, 11) is 0. The normalized spacial score (nSPS) is 15.2. The van der Waals surface area contributed by atoms with Gasteiger partial charge in [-0.1, -0.05) is 64.4 Å². The van der Waals surface area contributed by atoms with E-state index in [0.29, 0.717) is 50.8 Å². The molecule has 30 nitrogen and oxygen atoms in total. The summed E-state index contributed by atoms with van der Waals surface area (Å²) in [5.41, 5.74) is 34.5. The number of aliphatic carboxylic acids is 1. The molecule has 24 N–H and O–H groups in total. The molecule has 0 saturated heterocycles. The zero-order valence-corrected chi connectivity index (χ0v) is 47.7. The van der Waals surface area contributed by atoms with Crippen molar-refractivity contribution >= 4 is 71.0 Å². The van der Waals surface area contributed by atoms with Gasteiger partial charge in [0, 0.05) is 13.0 Å². The first-order valence-corrected chi connectivity index (χ1v) is 27.3. The summed E-state index contributed by atoms with van der Waals surface area (Å²) in [5, 5.41) is 52.3. The van der Waals surface area contributed by atoms with E-state index in [-0.39, 0.29) is 50.5 Å². The minimum Gasteiger partial charge on any atom is -0.480 e. The maximum Gasteiger partial charge on any atom is 0.325 e. The molecule has 0 aromatic heterocycles. The van der Waals surface area contributed by atoms with Gasteiger partial charge in [0.05, 0.1) is 25.2 Å². The third-order valence-corrected chi connectivity index (χ3v) is 12.6. The van der Waals surface area contributed by atoms with E-state index in [0.717, 1.165) is 6.92 Å². The number of aliphatic hydroxyl groups is 2. The molecule has 0 fully saturated rings. The van der Waals surface area contributed by atoms with Crippen molar-refractivity contribution < 1.29 is 68.1 Å². The summed E-state index contributed by atoms with van der Waals surface area (Å²) in [6.07, 6.45) is -0.532. The highest BCUT2D eigenvalue weighted by molar-refractivity contribution is 5.99. The SMILES string of the molecule is CC(C)C[C@H](NC(=O)[C@@H](NC(=O)[C@H](CCCN=C(N)N)NC(=O)[C@H](CC(N)=O)NC(=O)[C@H](Cc1ccccc1)NC(=O)[C@H](CCCCN)NC(=O)[C@@H](N)CCCCN)[C@@H](C)O)C(=O)N[C@@H](CO)C(=O)N[C@H](C(=O)N[C@@H](C)C(=O)O)C(C)C. The Kier molecular flexibility index (Phi) is 33.8. The van der Waals surface area contributed by atoms with Crippen molar-refractivity contribution in [3.8, 4) is 0 Å². The van der Waals surface area contributed by atoms with Gasteiger partial charge in [0.2, 0.25) is 59.1 Å². The van der Waals surface area contributed by atoms with Crippen LogP contribution in [0.2, 0.25) is 0 Å². The summed E-state index contributed by atoms with van der Waals surface area (Å²) in [6.45, 7) is 8.48. The molecule has 0 bridgehead atoms. The third-order valence-electron chi connectivity index (χ3n) is 12.6. The fourth-order valence-corrected chi connectivity index (χ4v) is 7.98. The number of carbonyl (C=O) groups excluding carboxylic acids is 10. The van der Waals surface area contributed by atoms with Gasteiger partial charge in [0.1, 0.15) is 54.4 Å². The fourth-order valence-electron chi connectivity index (χ4n) is 7.98. The van der Waals surface area contributed by atoms with Gasteiger partial charge < -0.3 is 97.6 Å². The molecule has 0 saturated carbocycles. The van der Waals surface area contributed by atoms with Crippen molar-refractivity contribution in [2.24, 2.45) is 51.2 Å². The Morgan fingerprint density at radius 3 is 1.50 bits per heavy atom. The van der Waals surface area contributed by atoms with Crippen molar-refractivity contribution in [3.63, 3.8) is 0 Å². The Bertz CT molecular complexity index is 2290. The molecule has 462 valence electrons. The van der Waals surface area contributed by atoms with Crippen molar-refractivity contribution in [2.45, 2.75) is 179 Å². The van der Waals surface area contributed by atoms with Crippen LogP contribution in [-0.2, 0) is 59.2 Å². The second-order valence-electron chi connectivity index (χ2n) is 20.7. The van der Waals surface area contributed by atoms with Gasteiger partial charge in [-0.05, 0) is 95.7 Å². The lowest BCUT2D eigenvalue weighted by molar-refractivity contribution is -0.142. The number of unbranched alkanes of at least 4 members (excludes halogenated alkanes) is 2. The average Bonchev–Trinajstić information content (AvgIpc) is 3.41. The van der Waals surface area contributed by atoms with E-state index in [4.69, 9.17) is 34.4 Å². The molecule has 10 amide bonds. The summed E-state index contributed by atoms with van der Waals surface area (Å²) < 4.78 is 0. The number of aliphatic imine (C=N–C) groups is 1. The molecule has 1 aromatic rings. The maximum atomic E-state index is 14.3. The highest BCUT2D eigenvalue weighted by Crippen LogP contribution is 2.12. The van der Waals surface area contributed by atoms with E-state index in [9.17, 15) is 68.1 Å². The first kappa shape index (κ1) is 72.5. The van der Waals surface area contributed by atoms with Gasteiger partial charge in [-0.25, -0.2) is 0 Å². The first-order chi connectivity index (χ1) is 38.6. The molecule has 0 aliphatic heterocycles. The van der Waals surface area contributed by atoms with Gasteiger partial charge >= 0.3 is 5.97 Å².